The molecular weight excluding hydrogens is 343 g/mol. The molecule has 10 heteroatoms. The van der Waals surface area contributed by atoms with E-state index in [0.29, 0.717) is 11.4 Å². The van der Waals surface area contributed by atoms with Crippen LogP contribution in [0.2, 0.25) is 0 Å². The SMILES string of the molecule is O=C(CC(=O)OC(=O)C(F)(F)F)C[n+]1ccc(-c2ncccn2)cc1. The summed E-state index contributed by atoms with van der Waals surface area (Å²) in [6.07, 6.45) is -0.0473. The first-order valence-corrected chi connectivity index (χ1v) is 6.86. The lowest BCUT2D eigenvalue weighted by Gasteiger charge is -2.04. The van der Waals surface area contributed by atoms with Gasteiger partial charge in [0.15, 0.2) is 18.2 Å². The zero-order valence-corrected chi connectivity index (χ0v) is 12.6. The molecule has 2 rings (SSSR count). The number of rotatable bonds is 5. The Morgan fingerprint density at radius 3 is 2.24 bits per heavy atom. The first kappa shape index (κ1) is 18.2. The molecule has 0 N–H and O–H groups in total. The summed E-state index contributed by atoms with van der Waals surface area (Å²) in [6.45, 7) is -0.273. The number of hydrogen-bond donors (Lipinski definition) is 0. The molecule has 0 radical (unpaired) electrons. The van der Waals surface area contributed by atoms with Crippen molar-refractivity contribution in [2.75, 3.05) is 0 Å². The Morgan fingerprint density at radius 2 is 1.68 bits per heavy atom. The van der Waals surface area contributed by atoms with E-state index in [2.05, 4.69) is 14.7 Å². The third kappa shape index (κ3) is 5.44. The van der Waals surface area contributed by atoms with E-state index in [1.807, 2.05) is 0 Å². The number of ether oxygens (including phenoxy) is 1. The molecule has 0 spiro atoms. The molecule has 25 heavy (non-hydrogen) atoms. The van der Waals surface area contributed by atoms with Crippen molar-refractivity contribution in [2.24, 2.45) is 0 Å². The maximum absolute atomic E-state index is 11.9. The Hall–Kier alpha value is -3.17. The fourth-order valence-electron chi connectivity index (χ4n) is 1.78. The predicted octanol–water partition coefficient (Wildman–Crippen LogP) is 1.02. The molecule has 7 nitrogen and oxygen atoms in total. The van der Waals surface area contributed by atoms with Gasteiger partial charge in [-0.2, -0.15) is 17.7 Å². The van der Waals surface area contributed by atoms with Gasteiger partial charge in [0.25, 0.3) is 0 Å². The molecule has 0 aliphatic rings. The molecule has 2 heterocycles. The van der Waals surface area contributed by atoms with Crippen LogP contribution in [0.5, 0.6) is 0 Å². The van der Waals surface area contributed by atoms with Crippen molar-refractivity contribution < 1.29 is 36.9 Å². The highest BCUT2D eigenvalue weighted by atomic mass is 19.4. The lowest BCUT2D eigenvalue weighted by molar-refractivity contribution is -0.684. The van der Waals surface area contributed by atoms with Gasteiger partial charge in [0, 0.05) is 30.1 Å². The van der Waals surface area contributed by atoms with Crippen molar-refractivity contribution in [2.45, 2.75) is 19.1 Å². The number of pyridine rings is 1. The largest absolute Gasteiger partial charge is 0.491 e. The maximum Gasteiger partial charge on any atom is 0.491 e. The maximum atomic E-state index is 11.9. The van der Waals surface area contributed by atoms with Gasteiger partial charge < -0.3 is 4.74 Å². The van der Waals surface area contributed by atoms with E-state index in [1.54, 1.807) is 30.6 Å². The van der Waals surface area contributed by atoms with Crippen LogP contribution in [0.3, 0.4) is 0 Å². The Morgan fingerprint density at radius 1 is 1.08 bits per heavy atom. The first-order chi connectivity index (χ1) is 11.8. The Bertz CT molecular complexity index is 777. The number of nitrogens with zero attached hydrogens (tertiary/aromatic N) is 3. The van der Waals surface area contributed by atoms with Crippen LogP contribution in [-0.2, 0) is 25.7 Å². The lowest BCUT2D eigenvalue weighted by atomic mass is 10.2. The Kier molecular flexibility index (Phi) is 5.52. The summed E-state index contributed by atoms with van der Waals surface area (Å²) in [5.74, 6) is -4.43. The van der Waals surface area contributed by atoms with Gasteiger partial charge in [0.1, 0.15) is 6.42 Å². The van der Waals surface area contributed by atoms with E-state index < -0.39 is 30.3 Å². The van der Waals surface area contributed by atoms with Crippen LogP contribution >= 0.6 is 0 Å². The average molecular weight is 354 g/mol. The highest BCUT2D eigenvalue weighted by molar-refractivity contribution is 5.99. The van der Waals surface area contributed by atoms with Crippen LogP contribution in [0.4, 0.5) is 13.2 Å². The summed E-state index contributed by atoms with van der Waals surface area (Å²) in [7, 11) is 0. The van der Waals surface area contributed by atoms with Crippen LogP contribution in [0.15, 0.2) is 43.0 Å². The number of alkyl halides is 3. The Labute approximate surface area is 139 Å². The van der Waals surface area contributed by atoms with Crippen molar-refractivity contribution in [1.82, 2.24) is 9.97 Å². The van der Waals surface area contributed by atoms with Crippen LogP contribution in [-0.4, -0.2) is 33.9 Å². The second-order valence-corrected chi connectivity index (χ2v) is 4.81. The standard InChI is InChI=1S/C15H11F3N3O4/c16-15(17,18)14(24)25-12(23)8-11(22)9-21-6-2-10(3-7-21)13-19-4-1-5-20-13/h1-7H,8-9H2/q+1. The van der Waals surface area contributed by atoms with Crippen LogP contribution < -0.4 is 4.57 Å². The summed E-state index contributed by atoms with van der Waals surface area (Å²) < 4.78 is 40.8. The third-order valence-electron chi connectivity index (χ3n) is 2.85. The summed E-state index contributed by atoms with van der Waals surface area (Å²) in [5, 5.41) is 0. The summed E-state index contributed by atoms with van der Waals surface area (Å²) in [4.78, 5) is 41.4. The molecule has 130 valence electrons. The minimum absolute atomic E-state index is 0.273. The normalized spacial score (nSPS) is 11.0. The number of aromatic nitrogens is 3. The van der Waals surface area contributed by atoms with Gasteiger partial charge in [-0.1, -0.05) is 0 Å². The topological polar surface area (TPSA) is 90.1 Å². The molecule has 0 atom stereocenters. The van der Waals surface area contributed by atoms with Crippen molar-refractivity contribution in [1.29, 1.82) is 0 Å². The number of ketones is 1. The van der Waals surface area contributed by atoms with Crippen molar-refractivity contribution >= 4 is 17.7 Å². The van der Waals surface area contributed by atoms with E-state index in [9.17, 15) is 27.6 Å². The highest BCUT2D eigenvalue weighted by Gasteiger charge is 2.42. The van der Waals surface area contributed by atoms with Gasteiger partial charge in [0.05, 0.1) is 0 Å². The zero-order valence-electron chi connectivity index (χ0n) is 12.6. The molecule has 2 aromatic heterocycles. The van der Waals surface area contributed by atoms with Crippen molar-refractivity contribution in [3.8, 4) is 11.4 Å². The van der Waals surface area contributed by atoms with E-state index in [-0.39, 0.29) is 6.54 Å². The molecule has 0 saturated heterocycles. The Balaban J connectivity index is 1.90. The first-order valence-electron chi connectivity index (χ1n) is 6.86. The number of halogens is 3. The van der Waals surface area contributed by atoms with E-state index >= 15 is 0 Å². The van der Waals surface area contributed by atoms with Gasteiger partial charge in [-0.05, 0) is 6.07 Å². The molecule has 0 bridgehead atoms. The summed E-state index contributed by atoms with van der Waals surface area (Å²) >= 11 is 0. The van der Waals surface area contributed by atoms with Gasteiger partial charge in [-0.25, -0.2) is 14.8 Å². The predicted molar refractivity (Wildman–Crippen MR) is 74.4 cm³/mol. The molecule has 0 aliphatic heterocycles. The number of esters is 2. The summed E-state index contributed by atoms with van der Waals surface area (Å²) in [5.41, 5.74) is 0.694. The number of Topliss-reactive ketones (excluding diaryl/α,β-unsaturated/α-hetero) is 1. The molecule has 0 unspecified atom stereocenters. The molecule has 0 fully saturated rings. The number of carbonyl (C=O) groups excluding carboxylic acids is 3. The zero-order chi connectivity index (χ0) is 18.4. The van der Waals surface area contributed by atoms with Crippen LogP contribution in [0.25, 0.3) is 11.4 Å². The van der Waals surface area contributed by atoms with Gasteiger partial charge in [0.2, 0.25) is 12.3 Å². The quantitative estimate of drug-likeness (QED) is 0.452. The summed E-state index contributed by atoms with van der Waals surface area (Å²) in [6, 6.07) is 4.93. The van der Waals surface area contributed by atoms with Crippen LogP contribution in [0, 0.1) is 0 Å². The smallest absolute Gasteiger partial charge is 0.386 e. The minimum atomic E-state index is -5.29. The van der Waals surface area contributed by atoms with Crippen molar-refractivity contribution in [3.05, 3.63) is 43.0 Å². The molecule has 0 saturated carbocycles. The average Bonchev–Trinajstić information content (AvgIpc) is 2.55. The minimum Gasteiger partial charge on any atom is -0.386 e. The van der Waals surface area contributed by atoms with Crippen molar-refractivity contribution in [3.63, 3.8) is 0 Å². The number of carbonyl (C=O) groups is 3. The molecule has 0 amide bonds. The van der Waals surface area contributed by atoms with Gasteiger partial charge in [-0.3, -0.25) is 9.59 Å². The fraction of sp³-hybridized carbons (Fsp3) is 0.200. The van der Waals surface area contributed by atoms with Crippen LogP contribution in [0.1, 0.15) is 6.42 Å². The second kappa shape index (κ2) is 7.60. The van der Waals surface area contributed by atoms with E-state index in [4.69, 9.17) is 0 Å². The molecule has 0 aliphatic carbocycles. The van der Waals surface area contributed by atoms with Gasteiger partial charge in [-0.15, -0.1) is 0 Å². The van der Waals surface area contributed by atoms with Gasteiger partial charge >= 0.3 is 18.1 Å². The number of hydrogen-bond acceptors (Lipinski definition) is 6. The molecular formula is C15H11F3N3O4+. The van der Waals surface area contributed by atoms with E-state index in [1.165, 1.54) is 17.0 Å². The highest BCUT2D eigenvalue weighted by Crippen LogP contribution is 2.16. The molecule has 0 aromatic carbocycles. The lowest BCUT2D eigenvalue weighted by Crippen LogP contribution is -2.38. The molecule has 2 aromatic rings. The second-order valence-electron chi connectivity index (χ2n) is 4.81. The fourth-order valence-corrected chi connectivity index (χ4v) is 1.78. The monoisotopic (exact) mass is 354 g/mol. The third-order valence-corrected chi connectivity index (χ3v) is 2.85. The van der Waals surface area contributed by atoms with E-state index in [0.717, 1.165) is 0 Å².